The smallest absolute Gasteiger partial charge is 0.218 e. The zero-order chi connectivity index (χ0) is 17.3. The number of guanidine groups is 1. The van der Waals surface area contributed by atoms with Crippen LogP contribution in [0.15, 0.2) is 53.7 Å². The summed E-state index contributed by atoms with van der Waals surface area (Å²) in [4.78, 5) is 11.1. The molecule has 5 nitrogen and oxygen atoms in total. The Labute approximate surface area is 172 Å². The van der Waals surface area contributed by atoms with Gasteiger partial charge in [0.1, 0.15) is 6.61 Å². The van der Waals surface area contributed by atoms with Crippen LogP contribution in [0.4, 0.5) is 0 Å². The van der Waals surface area contributed by atoms with Gasteiger partial charge in [0, 0.05) is 24.8 Å². The quantitative estimate of drug-likeness (QED) is 0.412. The number of hydrogen-bond donors (Lipinski definition) is 1. The van der Waals surface area contributed by atoms with Crippen molar-refractivity contribution in [2.75, 3.05) is 13.1 Å². The molecule has 1 saturated heterocycles. The van der Waals surface area contributed by atoms with Gasteiger partial charge in [0.05, 0.1) is 6.54 Å². The van der Waals surface area contributed by atoms with Crippen LogP contribution in [0.2, 0.25) is 0 Å². The van der Waals surface area contributed by atoms with Gasteiger partial charge in [0.25, 0.3) is 0 Å². The summed E-state index contributed by atoms with van der Waals surface area (Å²) < 4.78 is 5.89. The fourth-order valence-corrected chi connectivity index (χ4v) is 2.97. The van der Waals surface area contributed by atoms with E-state index in [1.165, 1.54) is 25.7 Å². The van der Waals surface area contributed by atoms with Crippen LogP contribution < -0.4 is 10.5 Å². The fraction of sp³-hybridized carbons (Fsp3) is 0.400. The van der Waals surface area contributed by atoms with Crippen LogP contribution in [0.25, 0.3) is 0 Å². The lowest BCUT2D eigenvalue weighted by Crippen LogP contribution is -2.38. The van der Waals surface area contributed by atoms with Crippen LogP contribution >= 0.6 is 24.0 Å². The Morgan fingerprint density at radius 3 is 2.50 bits per heavy atom. The Bertz CT molecular complexity index is 685. The Kier molecular flexibility index (Phi) is 8.67. The van der Waals surface area contributed by atoms with E-state index in [4.69, 9.17) is 10.5 Å². The Morgan fingerprint density at radius 2 is 1.77 bits per heavy atom. The molecule has 1 aromatic carbocycles. The zero-order valence-electron chi connectivity index (χ0n) is 15.0. The van der Waals surface area contributed by atoms with E-state index < -0.39 is 0 Å². The predicted octanol–water partition coefficient (Wildman–Crippen LogP) is 3.97. The molecule has 1 aliphatic rings. The number of likely N-dealkylation sites (tertiary alicyclic amines) is 1. The number of benzene rings is 1. The minimum atomic E-state index is 0. The van der Waals surface area contributed by atoms with E-state index in [2.05, 4.69) is 14.9 Å². The molecule has 2 N–H and O–H groups in total. The summed E-state index contributed by atoms with van der Waals surface area (Å²) in [7, 11) is 0. The molecule has 0 aliphatic carbocycles. The topological polar surface area (TPSA) is 63.7 Å². The summed E-state index contributed by atoms with van der Waals surface area (Å²) in [5, 5.41) is 0. The van der Waals surface area contributed by atoms with Gasteiger partial charge in [-0.15, -0.1) is 24.0 Å². The van der Waals surface area contributed by atoms with E-state index in [9.17, 15) is 0 Å². The summed E-state index contributed by atoms with van der Waals surface area (Å²) in [5.74, 6) is 1.25. The number of aliphatic imine (C=N–C) groups is 1. The molecule has 0 bridgehead atoms. The number of aromatic nitrogens is 1. The first kappa shape index (κ1) is 20.5. The molecule has 1 aliphatic heterocycles. The molecule has 6 heteroatoms. The lowest BCUT2D eigenvalue weighted by atomic mass is 10.2. The van der Waals surface area contributed by atoms with Gasteiger partial charge in [-0.25, -0.2) is 9.98 Å². The minimum absolute atomic E-state index is 0. The second-order valence-electron chi connectivity index (χ2n) is 6.32. The monoisotopic (exact) mass is 466 g/mol. The molecular formula is C20H27IN4O. The maximum Gasteiger partial charge on any atom is 0.218 e. The SMILES string of the molecule is I.NC(=NCc1cccnc1OCc1ccccc1)N1CCCCCC1. The predicted molar refractivity (Wildman–Crippen MR) is 116 cm³/mol. The van der Waals surface area contributed by atoms with Crippen molar-refractivity contribution in [3.8, 4) is 5.88 Å². The first-order chi connectivity index (χ1) is 12.3. The molecule has 0 atom stereocenters. The van der Waals surface area contributed by atoms with Gasteiger partial charge < -0.3 is 15.4 Å². The summed E-state index contributed by atoms with van der Waals surface area (Å²) >= 11 is 0. The van der Waals surface area contributed by atoms with Gasteiger partial charge in [0.2, 0.25) is 5.88 Å². The van der Waals surface area contributed by atoms with Crippen LogP contribution in [0.1, 0.15) is 36.8 Å². The van der Waals surface area contributed by atoms with Crippen molar-refractivity contribution in [1.29, 1.82) is 0 Å². The second-order valence-corrected chi connectivity index (χ2v) is 6.32. The zero-order valence-corrected chi connectivity index (χ0v) is 17.3. The largest absolute Gasteiger partial charge is 0.473 e. The first-order valence-corrected chi connectivity index (χ1v) is 8.98. The first-order valence-electron chi connectivity index (χ1n) is 8.98. The van der Waals surface area contributed by atoms with E-state index in [1.54, 1.807) is 6.20 Å². The molecule has 140 valence electrons. The number of nitrogens with zero attached hydrogens (tertiary/aromatic N) is 3. The van der Waals surface area contributed by atoms with Crippen LogP contribution in [0.3, 0.4) is 0 Å². The van der Waals surface area contributed by atoms with E-state index in [-0.39, 0.29) is 24.0 Å². The van der Waals surface area contributed by atoms with Gasteiger partial charge in [-0.3, -0.25) is 0 Å². The summed E-state index contributed by atoms with van der Waals surface area (Å²) in [6.45, 7) is 2.98. The highest BCUT2D eigenvalue weighted by molar-refractivity contribution is 14.0. The number of halogens is 1. The lowest BCUT2D eigenvalue weighted by molar-refractivity contribution is 0.290. The van der Waals surface area contributed by atoms with E-state index in [1.807, 2.05) is 42.5 Å². The van der Waals surface area contributed by atoms with Crippen molar-refractivity contribution >= 4 is 29.9 Å². The maximum atomic E-state index is 6.20. The molecule has 2 aromatic rings. The Balaban J connectivity index is 0.00000243. The standard InChI is InChI=1S/C20H26N4O.HI/c21-20(24-13-6-1-2-7-14-24)23-15-18-11-8-12-22-19(18)25-16-17-9-4-3-5-10-17;/h3-5,8-12H,1-2,6-7,13-16H2,(H2,21,23);1H. The molecule has 2 heterocycles. The second kappa shape index (κ2) is 11.0. The molecule has 0 saturated carbocycles. The third kappa shape index (κ3) is 6.16. The van der Waals surface area contributed by atoms with Crippen molar-refractivity contribution in [3.05, 3.63) is 59.8 Å². The van der Waals surface area contributed by atoms with Crippen molar-refractivity contribution in [2.45, 2.75) is 38.8 Å². The van der Waals surface area contributed by atoms with E-state index in [0.29, 0.717) is 25.0 Å². The average molecular weight is 466 g/mol. The Morgan fingerprint density at radius 1 is 1.04 bits per heavy atom. The van der Waals surface area contributed by atoms with Crippen LogP contribution in [-0.4, -0.2) is 28.9 Å². The van der Waals surface area contributed by atoms with Crippen LogP contribution in [0, 0.1) is 0 Å². The number of ether oxygens (including phenoxy) is 1. The van der Waals surface area contributed by atoms with E-state index >= 15 is 0 Å². The number of rotatable bonds is 5. The number of nitrogens with two attached hydrogens (primary N) is 1. The van der Waals surface area contributed by atoms with Crippen molar-refractivity contribution < 1.29 is 4.74 Å². The normalized spacial score (nSPS) is 15.1. The highest BCUT2D eigenvalue weighted by Crippen LogP contribution is 2.17. The average Bonchev–Trinajstić information content (AvgIpc) is 2.95. The Hall–Kier alpha value is -1.83. The van der Waals surface area contributed by atoms with Gasteiger partial charge in [-0.1, -0.05) is 49.2 Å². The van der Waals surface area contributed by atoms with E-state index in [0.717, 1.165) is 24.2 Å². The minimum Gasteiger partial charge on any atom is -0.473 e. The van der Waals surface area contributed by atoms with Crippen LogP contribution in [0.5, 0.6) is 5.88 Å². The summed E-state index contributed by atoms with van der Waals surface area (Å²) in [5.41, 5.74) is 8.27. The van der Waals surface area contributed by atoms with Gasteiger partial charge >= 0.3 is 0 Å². The number of pyridine rings is 1. The molecule has 26 heavy (non-hydrogen) atoms. The molecule has 0 spiro atoms. The summed E-state index contributed by atoms with van der Waals surface area (Å²) in [6, 6.07) is 14.0. The molecule has 0 amide bonds. The molecule has 1 fully saturated rings. The van der Waals surface area contributed by atoms with Crippen molar-refractivity contribution in [1.82, 2.24) is 9.88 Å². The third-order valence-electron chi connectivity index (χ3n) is 4.41. The highest BCUT2D eigenvalue weighted by atomic mass is 127. The third-order valence-corrected chi connectivity index (χ3v) is 4.41. The lowest BCUT2D eigenvalue weighted by Gasteiger charge is -2.21. The van der Waals surface area contributed by atoms with Gasteiger partial charge in [-0.05, 0) is 24.5 Å². The maximum absolute atomic E-state index is 6.20. The van der Waals surface area contributed by atoms with Gasteiger partial charge in [0.15, 0.2) is 5.96 Å². The summed E-state index contributed by atoms with van der Waals surface area (Å²) in [6.07, 6.45) is 6.68. The molecule has 0 unspecified atom stereocenters. The van der Waals surface area contributed by atoms with Crippen molar-refractivity contribution in [3.63, 3.8) is 0 Å². The molecular weight excluding hydrogens is 439 g/mol. The highest BCUT2D eigenvalue weighted by Gasteiger charge is 2.11. The number of hydrogen-bond acceptors (Lipinski definition) is 3. The molecule has 0 radical (unpaired) electrons. The fourth-order valence-electron chi connectivity index (χ4n) is 2.97. The van der Waals surface area contributed by atoms with Crippen LogP contribution in [-0.2, 0) is 13.2 Å². The molecule has 3 rings (SSSR count). The van der Waals surface area contributed by atoms with Gasteiger partial charge in [-0.2, -0.15) is 0 Å². The molecule has 1 aromatic heterocycles. The van der Waals surface area contributed by atoms with Crippen molar-refractivity contribution in [2.24, 2.45) is 10.7 Å².